The zero-order valence-corrected chi connectivity index (χ0v) is 17.4. The molecule has 1 aliphatic heterocycles. The van der Waals surface area contributed by atoms with E-state index in [0.717, 1.165) is 24.0 Å². The van der Waals surface area contributed by atoms with E-state index in [-0.39, 0.29) is 28.8 Å². The lowest BCUT2D eigenvalue weighted by atomic mass is 9.98. The molecular formula is C18H19F3N6O3S. The second-order valence-corrected chi connectivity index (χ2v) is 7.23. The average Bonchev–Trinajstić information content (AvgIpc) is 3.21. The molecule has 0 spiro atoms. The number of halogens is 3. The van der Waals surface area contributed by atoms with Crippen molar-refractivity contribution in [2.24, 2.45) is 0 Å². The molecule has 0 fully saturated rings. The first-order valence-corrected chi connectivity index (χ1v) is 10.2. The molecule has 0 radical (unpaired) electrons. The predicted molar refractivity (Wildman–Crippen MR) is 104 cm³/mol. The summed E-state index contributed by atoms with van der Waals surface area (Å²) >= 11 is 0.854. The molecule has 0 aromatic carbocycles. The van der Waals surface area contributed by atoms with Crippen molar-refractivity contribution in [1.29, 1.82) is 0 Å². The molecule has 1 aliphatic rings. The van der Waals surface area contributed by atoms with Crippen LogP contribution in [0.2, 0.25) is 0 Å². The Hall–Kier alpha value is -3.09. The van der Waals surface area contributed by atoms with Gasteiger partial charge in [-0.3, -0.25) is 4.68 Å². The van der Waals surface area contributed by atoms with Gasteiger partial charge < -0.3 is 15.4 Å². The van der Waals surface area contributed by atoms with Gasteiger partial charge in [0.15, 0.2) is 5.16 Å². The summed E-state index contributed by atoms with van der Waals surface area (Å²) in [5, 5.41) is 9.23. The van der Waals surface area contributed by atoms with Crippen molar-refractivity contribution in [3.05, 3.63) is 47.2 Å². The summed E-state index contributed by atoms with van der Waals surface area (Å²) in [5.74, 6) is -0.716. The second-order valence-electron chi connectivity index (χ2n) is 6.28. The molecule has 2 aromatic heterocycles. The van der Waals surface area contributed by atoms with Crippen LogP contribution >= 0.6 is 11.8 Å². The Balaban J connectivity index is 1.93. The second kappa shape index (κ2) is 9.37. The van der Waals surface area contributed by atoms with Crippen LogP contribution in [0.5, 0.6) is 0 Å². The number of nitrogens with one attached hydrogen (secondary N) is 2. The number of urea groups is 1. The number of rotatable bonds is 7. The number of carbonyl (C=O) groups is 2. The number of esters is 1. The average molecular weight is 456 g/mol. The monoisotopic (exact) mass is 456 g/mol. The largest absolute Gasteiger partial charge is 0.463 e. The first kappa shape index (κ1) is 22.6. The van der Waals surface area contributed by atoms with Crippen LogP contribution in [0.3, 0.4) is 0 Å². The fourth-order valence-corrected chi connectivity index (χ4v) is 3.64. The third-order valence-electron chi connectivity index (χ3n) is 4.23. The summed E-state index contributed by atoms with van der Waals surface area (Å²) in [5.41, 5.74) is -0.180. The molecular weight excluding hydrogens is 437 g/mol. The van der Waals surface area contributed by atoms with Gasteiger partial charge in [0.05, 0.1) is 24.4 Å². The van der Waals surface area contributed by atoms with Crippen LogP contribution in [0.15, 0.2) is 41.1 Å². The molecule has 0 unspecified atom stereocenters. The molecule has 3 heterocycles. The maximum Gasteiger partial charge on any atom is 0.433 e. The van der Waals surface area contributed by atoms with Gasteiger partial charge in [-0.15, -0.1) is 0 Å². The fraction of sp³-hybridized carbons (Fsp3) is 0.389. The standard InChI is InChI=1S/C18H19F3N6O3S/c1-3-27-8-10(7-23-27)14-13(15(28)30-4-2)11(24-16(29)26-14)9-31-17-22-6-5-12(25-17)18(19,20)21/h5-8,14H,3-4,9H2,1-2H3,(H2,24,26,29)/t14-/m0/s1. The minimum absolute atomic E-state index is 0.0543. The maximum absolute atomic E-state index is 12.9. The Morgan fingerprint density at radius 3 is 2.77 bits per heavy atom. The normalized spacial score (nSPS) is 16.7. The number of thioether (sulfide) groups is 1. The molecule has 0 aliphatic carbocycles. The number of aromatic nitrogens is 4. The molecule has 31 heavy (non-hydrogen) atoms. The predicted octanol–water partition coefficient (Wildman–Crippen LogP) is 2.68. The van der Waals surface area contributed by atoms with Crippen molar-refractivity contribution >= 4 is 23.8 Å². The molecule has 0 saturated carbocycles. The highest BCUT2D eigenvalue weighted by Crippen LogP contribution is 2.31. The number of hydrogen-bond donors (Lipinski definition) is 2. The van der Waals surface area contributed by atoms with Gasteiger partial charge in [0, 0.05) is 36.0 Å². The molecule has 13 heteroatoms. The van der Waals surface area contributed by atoms with E-state index in [4.69, 9.17) is 4.74 Å². The number of amides is 2. The molecule has 166 valence electrons. The molecule has 9 nitrogen and oxygen atoms in total. The minimum atomic E-state index is -4.61. The number of nitrogens with zero attached hydrogens (tertiary/aromatic N) is 4. The quantitative estimate of drug-likeness (QED) is 0.374. The summed E-state index contributed by atoms with van der Waals surface area (Å²) in [6, 6.07) is -0.629. The Morgan fingerprint density at radius 2 is 2.13 bits per heavy atom. The van der Waals surface area contributed by atoms with Crippen molar-refractivity contribution in [3.63, 3.8) is 0 Å². The summed E-state index contributed by atoms with van der Waals surface area (Å²) in [4.78, 5) is 32.2. The van der Waals surface area contributed by atoms with Crippen LogP contribution in [0, 0.1) is 0 Å². The van der Waals surface area contributed by atoms with Gasteiger partial charge in [0.25, 0.3) is 0 Å². The Morgan fingerprint density at radius 1 is 1.35 bits per heavy atom. The molecule has 1 atom stereocenters. The van der Waals surface area contributed by atoms with E-state index in [2.05, 4.69) is 25.7 Å². The third-order valence-corrected chi connectivity index (χ3v) is 5.12. The van der Waals surface area contributed by atoms with E-state index >= 15 is 0 Å². The first-order valence-electron chi connectivity index (χ1n) is 9.26. The van der Waals surface area contributed by atoms with Gasteiger partial charge >= 0.3 is 18.2 Å². The van der Waals surface area contributed by atoms with Crippen molar-refractivity contribution in [2.75, 3.05) is 12.4 Å². The van der Waals surface area contributed by atoms with Gasteiger partial charge in [-0.05, 0) is 19.9 Å². The van der Waals surface area contributed by atoms with Crippen LogP contribution in [0.4, 0.5) is 18.0 Å². The zero-order valence-electron chi connectivity index (χ0n) is 16.6. The van der Waals surface area contributed by atoms with Crippen LogP contribution in [-0.4, -0.2) is 44.1 Å². The van der Waals surface area contributed by atoms with Crippen molar-refractivity contribution in [3.8, 4) is 0 Å². The van der Waals surface area contributed by atoms with E-state index in [0.29, 0.717) is 12.1 Å². The number of ether oxygens (including phenoxy) is 1. The molecule has 2 amide bonds. The molecule has 0 saturated heterocycles. The highest BCUT2D eigenvalue weighted by Gasteiger charge is 2.35. The highest BCUT2D eigenvalue weighted by atomic mass is 32.2. The summed E-state index contributed by atoms with van der Waals surface area (Å²) in [6.07, 6.45) is -0.390. The van der Waals surface area contributed by atoms with E-state index in [1.807, 2.05) is 6.92 Å². The molecule has 3 rings (SSSR count). The highest BCUT2D eigenvalue weighted by molar-refractivity contribution is 7.99. The smallest absolute Gasteiger partial charge is 0.433 e. The van der Waals surface area contributed by atoms with Crippen LogP contribution < -0.4 is 10.6 Å². The Labute approximate surface area is 179 Å². The third kappa shape index (κ3) is 5.34. The zero-order chi connectivity index (χ0) is 22.6. The number of hydrogen-bond acceptors (Lipinski definition) is 7. The minimum Gasteiger partial charge on any atom is -0.463 e. The lowest BCUT2D eigenvalue weighted by molar-refractivity contribution is -0.141. The van der Waals surface area contributed by atoms with Crippen molar-refractivity contribution < 1.29 is 27.5 Å². The first-order chi connectivity index (χ1) is 14.7. The Bertz CT molecular complexity index is 1010. The molecule has 2 aromatic rings. The lowest BCUT2D eigenvalue weighted by Crippen LogP contribution is -2.46. The van der Waals surface area contributed by atoms with E-state index in [9.17, 15) is 22.8 Å². The topological polar surface area (TPSA) is 111 Å². The summed E-state index contributed by atoms with van der Waals surface area (Å²) < 4.78 is 45.5. The lowest BCUT2D eigenvalue weighted by Gasteiger charge is -2.28. The van der Waals surface area contributed by atoms with Gasteiger partial charge in [-0.25, -0.2) is 19.6 Å². The summed E-state index contributed by atoms with van der Waals surface area (Å²) in [6.45, 7) is 4.22. The van der Waals surface area contributed by atoms with Crippen molar-refractivity contribution in [2.45, 2.75) is 37.8 Å². The molecule has 2 N–H and O–H groups in total. The van der Waals surface area contributed by atoms with Crippen molar-refractivity contribution in [1.82, 2.24) is 30.4 Å². The van der Waals surface area contributed by atoms with Crippen LogP contribution in [-0.2, 0) is 22.3 Å². The van der Waals surface area contributed by atoms with Gasteiger partial charge in [-0.2, -0.15) is 18.3 Å². The maximum atomic E-state index is 12.9. The SMILES string of the molecule is CCOC(=O)C1=C(CSc2nccc(C(F)(F)F)n2)NC(=O)N[C@H]1c1cnn(CC)c1. The molecule has 0 bridgehead atoms. The fourth-order valence-electron chi connectivity index (χ4n) is 2.84. The number of aryl methyl sites for hydroxylation is 1. The summed E-state index contributed by atoms with van der Waals surface area (Å²) in [7, 11) is 0. The van der Waals surface area contributed by atoms with Gasteiger partial charge in [0.1, 0.15) is 5.69 Å². The van der Waals surface area contributed by atoms with Gasteiger partial charge in [-0.1, -0.05) is 11.8 Å². The Kier molecular flexibility index (Phi) is 6.83. The van der Waals surface area contributed by atoms with E-state index in [1.165, 1.54) is 6.20 Å². The van der Waals surface area contributed by atoms with Gasteiger partial charge in [0.2, 0.25) is 0 Å². The van der Waals surface area contributed by atoms with E-state index in [1.54, 1.807) is 17.8 Å². The van der Waals surface area contributed by atoms with Crippen LogP contribution in [0.25, 0.3) is 0 Å². The van der Waals surface area contributed by atoms with E-state index < -0.39 is 29.9 Å². The number of alkyl halides is 3. The van der Waals surface area contributed by atoms with Crippen LogP contribution in [0.1, 0.15) is 31.1 Å². The number of carbonyl (C=O) groups excluding carboxylic acids is 2.